The van der Waals surface area contributed by atoms with Crippen molar-refractivity contribution in [1.82, 2.24) is 10.2 Å². The molecular formula is C31H38N2O3. The van der Waals surface area contributed by atoms with E-state index in [1.165, 1.54) is 0 Å². The second kappa shape index (κ2) is 12.9. The molecule has 190 valence electrons. The molecule has 5 heteroatoms. The van der Waals surface area contributed by atoms with E-state index in [1.54, 1.807) is 4.90 Å². The van der Waals surface area contributed by atoms with Crippen LogP contribution in [-0.4, -0.2) is 35.4 Å². The first kappa shape index (κ1) is 27.0. The molecule has 5 nitrogen and oxygen atoms in total. The van der Waals surface area contributed by atoms with E-state index in [-0.39, 0.29) is 24.5 Å². The zero-order chi connectivity index (χ0) is 26.1. The third kappa shape index (κ3) is 7.98. The minimum atomic E-state index is -0.668. The minimum Gasteiger partial charge on any atom is -0.484 e. The monoisotopic (exact) mass is 486 g/mol. The molecule has 0 aliphatic heterocycles. The first-order chi connectivity index (χ1) is 17.2. The summed E-state index contributed by atoms with van der Waals surface area (Å²) < 4.78 is 5.93. The second-order valence-electron chi connectivity index (χ2n) is 9.64. The van der Waals surface area contributed by atoms with Gasteiger partial charge in [0.15, 0.2) is 6.61 Å². The van der Waals surface area contributed by atoms with Gasteiger partial charge in [0, 0.05) is 19.0 Å². The second-order valence-corrected chi connectivity index (χ2v) is 9.64. The van der Waals surface area contributed by atoms with E-state index in [1.807, 2.05) is 101 Å². The molecule has 0 unspecified atom stereocenters. The molecular weight excluding hydrogens is 448 g/mol. The first-order valence-electron chi connectivity index (χ1n) is 12.7. The number of ether oxygens (including phenoxy) is 1. The standard InChI is InChI=1S/C31H38N2O3/c1-6-25(5)32-31(35)29(19-26-10-8-7-9-11-26)33(20-27-14-12-22(2)13-15-27)30(34)21-36-28-17-23(3)16-24(4)18-28/h7-18,25,29H,6,19-21H2,1-5H3,(H,32,35)/t25-,29-/m1/s1. The van der Waals surface area contributed by atoms with E-state index in [0.29, 0.717) is 18.7 Å². The van der Waals surface area contributed by atoms with E-state index < -0.39 is 6.04 Å². The van der Waals surface area contributed by atoms with Crippen molar-refractivity contribution in [2.24, 2.45) is 0 Å². The molecule has 2 amide bonds. The number of hydrogen-bond acceptors (Lipinski definition) is 3. The number of nitrogens with zero attached hydrogens (tertiary/aromatic N) is 1. The number of nitrogens with one attached hydrogen (secondary N) is 1. The zero-order valence-electron chi connectivity index (χ0n) is 22.1. The lowest BCUT2D eigenvalue weighted by Crippen LogP contribution is -2.53. The average Bonchev–Trinajstić information content (AvgIpc) is 2.85. The topological polar surface area (TPSA) is 58.6 Å². The van der Waals surface area contributed by atoms with Crippen LogP contribution in [0.25, 0.3) is 0 Å². The normalized spacial score (nSPS) is 12.5. The summed E-state index contributed by atoms with van der Waals surface area (Å²) >= 11 is 0. The van der Waals surface area contributed by atoms with Crippen LogP contribution >= 0.6 is 0 Å². The maximum atomic E-state index is 13.7. The van der Waals surface area contributed by atoms with Gasteiger partial charge < -0.3 is 15.0 Å². The lowest BCUT2D eigenvalue weighted by Gasteiger charge is -2.32. The summed E-state index contributed by atoms with van der Waals surface area (Å²) in [5.41, 5.74) is 5.26. The molecule has 0 fully saturated rings. The summed E-state index contributed by atoms with van der Waals surface area (Å²) in [6, 6.07) is 23.1. The Kier molecular flexibility index (Phi) is 9.69. The lowest BCUT2D eigenvalue weighted by molar-refractivity contribution is -0.143. The molecule has 0 aliphatic carbocycles. The van der Waals surface area contributed by atoms with Gasteiger partial charge in [0.25, 0.3) is 5.91 Å². The third-order valence-corrected chi connectivity index (χ3v) is 6.30. The Morgan fingerprint density at radius 3 is 2.11 bits per heavy atom. The van der Waals surface area contributed by atoms with E-state index in [2.05, 4.69) is 11.4 Å². The molecule has 0 heterocycles. The SMILES string of the molecule is CC[C@@H](C)NC(=O)[C@@H](Cc1ccccc1)N(Cc1ccc(C)cc1)C(=O)COc1cc(C)cc(C)c1. The highest BCUT2D eigenvalue weighted by atomic mass is 16.5. The van der Waals surface area contributed by atoms with Gasteiger partial charge in [0.2, 0.25) is 5.91 Å². The molecule has 0 saturated heterocycles. The van der Waals surface area contributed by atoms with Crippen LogP contribution in [0.3, 0.4) is 0 Å². The fraction of sp³-hybridized carbons (Fsp3) is 0.355. The summed E-state index contributed by atoms with van der Waals surface area (Å²) in [7, 11) is 0. The van der Waals surface area contributed by atoms with Crippen molar-refractivity contribution in [1.29, 1.82) is 0 Å². The van der Waals surface area contributed by atoms with Crippen molar-refractivity contribution in [3.05, 3.63) is 101 Å². The van der Waals surface area contributed by atoms with Gasteiger partial charge in [-0.15, -0.1) is 0 Å². The quantitative estimate of drug-likeness (QED) is 0.387. The van der Waals surface area contributed by atoms with Gasteiger partial charge in [-0.25, -0.2) is 0 Å². The number of hydrogen-bond donors (Lipinski definition) is 1. The summed E-state index contributed by atoms with van der Waals surface area (Å²) in [6.45, 7) is 10.2. The molecule has 2 atom stereocenters. The van der Waals surface area contributed by atoms with Gasteiger partial charge in [-0.3, -0.25) is 9.59 Å². The van der Waals surface area contributed by atoms with E-state index in [4.69, 9.17) is 4.74 Å². The van der Waals surface area contributed by atoms with Crippen molar-refractivity contribution >= 4 is 11.8 Å². The van der Waals surface area contributed by atoms with Crippen LogP contribution in [0.1, 0.15) is 48.1 Å². The maximum absolute atomic E-state index is 13.7. The predicted molar refractivity (Wildman–Crippen MR) is 145 cm³/mol. The summed E-state index contributed by atoms with van der Waals surface area (Å²) in [5, 5.41) is 3.10. The van der Waals surface area contributed by atoms with Crippen LogP contribution in [0.5, 0.6) is 5.75 Å². The highest BCUT2D eigenvalue weighted by Gasteiger charge is 2.31. The van der Waals surface area contributed by atoms with Crippen LogP contribution in [-0.2, 0) is 22.6 Å². The van der Waals surface area contributed by atoms with Crippen LogP contribution in [0, 0.1) is 20.8 Å². The molecule has 0 bridgehead atoms. The highest BCUT2D eigenvalue weighted by molar-refractivity contribution is 5.88. The van der Waals surface area contributed by atoms with E-state index >= 15 is 0 Å². The number of amides is 2. The molecule has 3 rings (SSSR count). The molecule has 1 N–H and O–H groups in total. The van der Waals surface area contributed by atoms with E-state index in [9.17, 15) is 9.59 Å². The molecule has 3 aromatic carbocycles. The molecule has 0 radical (unpaired) electrons. The first-order valence-corrected chi connectivity index (χ1v) is 12.7. The van der Waals surface area contributed by atoms with Crippen LogP contribution in [0.4, 0.5) is 0 Å². The van der Waals surface area contributed by atoms with Crippen molar-refractivity contribution in [2.75, 3.05) is 6.61 Å². The highest BCUT2D eigenvalue weighted by Crippen LogP contribution is 2.19. The van der Waals surface area contributed by atoms with Crippen molar-refractivity contribution in [3.63, 3.8) is 0 Å². The van der Waals surface area contributed by atoms with Gasteiger partial charge in [-0.2, -0.15) is 0 Å². The Hall–Kier alpha value is -3.60. The number of carbonyl (C=O) groups is 2. The summed E-state index contributed by atoms with van der Waals surface area (Å²) in [6.07, 6.45) is 1.23. The Morgan fingerprint density at radius 1 is 0.861 bits per heavy atom. The average molecular weight is 487 g/mol. The Labute approximate surface area is 215 Å². The maximum Gasteiger partial charge on any atom is 0.261 e. The fourth-order valence-corrected chi connectivity index (χ4v) is 4.13. The van der Waals surface area contributed by atoms with Crippen LogP contribution in [0.15, 0.2) is 72.8 Å². The lowest BCUT2D eigenvalue weighted by atomic mass is 10.0. The molecule has 3 aromatic rings. The number of rotatable bonds is 11. The number of carbonyl (C=O) groups excluding carboxylic acids is 2. The minimum absolute atomic E-state index is 0.0126. The Bertz CT molecular complexity index is 1120. The third-order valence-electron chi connectivity index (χ3n) is 6.30. The van der Waals surface area contributed by atoms with Crippen molar-refractivity contribution in [2.45, 2.75) is 66.1 Å². The predicted octanol–water partition coefficient (Wildman–Crippen LogP) is 5.55. The van der Waals surface area contributed by atoms with Gasteiger partial charge in [0.05, 0.1) is 0 Å². The molecule has 36 heavy (non-hydrogen) atoms. The van der Waals surface area contributed by atoms with Gasteiger partial charge >= 0.3 is 0 Å². The Balaban J connectivity index is 1.91. The number of aryl methyl sites for hydroxylation is 3. The molecule has 0 aliphatic rings. The van der Waals surface area contributed by atoms with Crippen molar-refractivity contribution in [3.8, 4) is 5.75 Å². The Morgan fingerprint density at radius 2 is 1.50 bits per heavy atom. The smallest absolute Gasteiger partial charge is 0.261 e. The summed E-state index contributed by atoms with van der Waals surface area (Å²) in [4.78, 5) is 28.9. The van der Waals surface area contributed by atoms with Crippen molar-refractivity contribution < 1.29 is 14.3 Å². The molecule has 0 spiro atoms. The molecule has 0 saturated carbocycles. The molecule has 0 aromatic heterocycles. The van der Waals surface area contributed by atoms with Crippen LogP contribution < -0.4 is 10.1 Å². The van der Waals surface area contributed by atoms with Crippen LogP contribution in [0.2, 0.25) is 0 Å². The number of benzene rings is 3. The van der Waals surface area contributed by atoms with Gasteiger partial charge in [0.1, 0.15) is 11.8 Å². The fourth-order valence-electron chi connectivity index (χ4n) is 4.13. The zero-order valence-corrected chi connectivity index (χ0v) is 22.1. The van der Waals surface area contributed by atoms with Gasteiger partial charge in [-0.05, 0) is 68.5 Å². The van der Waals surface area contributed by atoms with Gasteiger partial charge in [-0.1, -0.05) is 73.2 Å². The summed E-state index contributed by atoms with van der Waals surface area (Å²) in [5.74, 6) is 0.273. The van der Waals surface area contributed by atoms with E-state index in [0.717, 1.165) is 34.2 Å². The largest absolute Gasteiger partial charge is 0.484 e.